The average molecular weight is 363 g/mol. The largest absolute Gasteiger partial charge is 0.417 e. The molecule has 0 unspecified atom stereocenters. The maximum Gasteiger partial charge on any atom is 0.183 e. The summed E-state index contributed by atoms with van der Waals surface area (Å²) in [5.41, 5.74) is 3.81. The van der Waals surface area contributed by atoms with Crippen LogP contribution in [0.2, 0.25) is 19.6 Å². The Hall–Kier alpha value is -0.343. The Balaban J connectivity index is 2.20. The monoisotopic (exact) mass is 362 g/mol. The zero-order valence-electron chi connectivity index (χ0n) is 18.0. The topological polar surface area (TPSA) is 9.23 Å². The van der Waals surface area contributed by atoms with Crippen LogP contribution in [0.5, 0.6) is 0 Å². The van der Waals surface area contributed by atoms with Crippen molar-refractivity contribution in [1.29, 1.82) is 0 Å². The smallest absolute Gasteiger partial charge is 0.183 e. The summed E-state index contributed by atoms with van der Waals surface area (Å²) in [4.78, 5) is 0. The van der Waals surface area contributed by atoms with Gasteiger partial charge in [-0.2, -0.15) is 0 Å². The molecule has 2 heteroatoms. The number of rotatable bonds is 7. The van der Waals surface area contributed by atoms with E-state index >= 15 is 0 Å². The number of allylic oxidation sites excluding steroid dienone is 3. The van der Waals surface area contributed by atoms with Gasteiger partial charge in [0.05, 0.1) is 0 Å². The van der Waals surface area contributed by atoms with E-state index in [1.54, 1.807) is 5.57 Å². The van der Waals surface area contributed by atoms with Gasteiger partial charge >= 0.3 is 0 Å². The van der Waals surface area contributed by atoms with E-state index in [1.165, 1.54) is 50.5 Å². The van der Waals surface area contributed by atoms with Crippen LogP contribution in [0, 0.1) is 22.7 Å². The second kappa shape index (κ2) is 7.72. The van der Waals surface area contributed by atoms with Crippen LogP contribution in [0.3, 0.4) is 0 Å². The molecule has 2 rings (SSSR count). The molecule has 1 saturated carbocycles. The molecule has 0 heterocycles. The third-order valence-electron chi connectivity index (χ3n) is 7.06. The lowest BCUT2D eigenvalue weighted by Gasteiger charge is -2.54. The summed E-state index contributed by atoms with van der Waals surface area (Å²) in [7, 11) is -1.47. The molecule has 25 heavy (non-hydrogen) atoms. The first-order valence-corrected chi connectivity index (χ1v) is 13.9. The predicted molar refractivity (Wildman–Crippen MR) is 113 cm³/mol. The van der Waals surface area contributed by atoms with Gasteiger partial charge in [0.1, 0.15) is 0 Å². The van der Waals surface area contributed by atoms with Crippen molar-refractivity contribution in [2.75, 3.05) is 6.61 Å². The Labute approximate surface area is 158 Å². The van der Waals surface area contributed by atoms with Crippen molar-refractivity contribution < 1.29 is 4.43 Å². The van der Waals surface area contributed by atoms with E-state index in [4.69, 9.17) is 4.43 Å². The van der Waals surface area contributed by atoms with E-state index in [1.807, 2.05) is 0 Å². The molecule has 144 valence electrons. The minimum atomic E-state index is -1.47. The molecule has 0 aromatic carbocycles. The lowest BCUT2D eigenvalue weighted by molar-refractivity contribution is 0.0121. The SMILES string of the molecule is C=C(C)CCC[C@]1(C)CCC[C@@H]2C1=CC[C@@H](C)[C@@]2(C)CO[Si](C)(C)C. The molecule has 1 fully saturated rings. The standard InChI is InChI=1S/C23H42OSi/c1-18(2)11-9-15-22(4)16-10-12-21-20(22)14-13-19(3)23(21,5)17-24-25(6,7)8/h14,19,21H,1,9-13,15-17H2,2-8H3/t19-,21-,22-,23-/m1/s1. The van der Waals surface area contributed by atoms with E-state index in [0.717, 1.165) is 18.4 Å². The fourth-order valence-electron chi connectivity index (χ4n) is 5.07. The number of hydrogen-bond acceptors (Lipinski definition) is 1. The van der Waals surface area contributed by atoms with Crippen LogP contribution in [0.25, 0.3) is 0 Å². The molecule has 0 radical (unpaired) electrons. The van der Waals surface area contributed by atoms with Gasteiger partial charge < -0.3 is 4.43 Å². The molecule has 0 aliphatic heterocycles. The molecule has 0 aromatic heterocycles. The quantitative estimate of drug-likeness (QED) is 0.339. The summed E-state index contributed by atoms with van der Waals surface area (Å²) >= 11 is 0. The van der Waals surface area contributed by atoms with Crippen molar-refractivity contribution >= 4 is 8.32 Å². The minimum Gasteiger partial charge on any atom is -0.417 e. The molecule has 0 bridgehead atoms. The summed E-state index contributed by atoms with van der Waals surface area (Å²) in [6.07, 6.45) is 11.7. The Kier molecular flexibility index (Phi) is 6.47. The Morgan fingerprint density at radius 3 is 2.60 bits per heavy atom. The van der Waals surface area contributed by atoms with Gasteiger partial charge in [-0.3, -0.25) is 0 Å². The summed E-state index contributed by atoms with van der Waals surface area (Å²) in [5, 5.41) is 0. The van der Waals surface area contributed by atoms with Crippen LogP contribution in [-0.4, -0.2) is 14.9 Å². The van der Waals surface area contributed by atoms with Crippen LogP contribution in [0.4, 0.5) is 0 Å². The molecule has 0 spiro atoms. The normalized spacial score (nSPS) is 35.9. The van der Waals surface area contributed by atoms with Gasteiger partial charge in [-0.15, -0.1) is 6.58 Å². The fraction of sp³-hybridized carbons (Fsp3) is 0.826. The van der Waals surface area contributed by atoms with Crippen LogP contribution in [0.15, 0.2) is 23.8 Å². The average Bonchev–Trinajstić information content (AvgIpc) is 2.49. The number of hydrogen-bond donors (Lipinski definition) is 0. The van der Waals surface area contributed by atoms with Crippen LogP contribution in [0.1, 0.15) is 72.6 Å². The number of fused-ring (bicyclic) bond motifs is 1. The molecular formula is C23H42OSi. The van der Waals surface area contributed by atoms with Crippen LogP contribution in [-0.2, 0) is 4.43 Å². The lowest BCUT2D eigenvalue weighted by atomic mass is 9.52. The van der Waals surface area contributed by atoms with E-state index < -0.39 is 8.32 Å². The molecule has 2 aliphatic carbocycles. The summed E-state index contributed by atoms with van der Waals surface area (Å²) in [6, 6.07) is 0. The molecule has 4 atom stereocenters. The second-order valence-corrected chi connectivity index (χ2v) is 15.0. The zero-order valence-corrected chi connectivity index (χ0v) is 19.0. The van der Waals surface area contributed by atoms with Gasteiger partial charge in [-0.25, -0.2) is 0 Å². The maximum absolute atomic E-state index is 6.47. The van der Waals surface area contributed by atoms with Crippen molar-refractivity contribution in [1.82, 2.24) is 0 Å². The maximum atomic E-state index is 6.47. The van der Waals surface area contributed by atoms with E-state index in [2.05, 4.69) is 60.0 Å². The van der Waals surface area contributed by atoms with Crippen molar-refractivity contribution in [3.05, 3.63) is 23.8 Å². The first-order chi connectivity index (χ1) is 11.5. The van der Waals surface area contributed by atoms with E-state index in [9.17, 15) is 0 Å². The predicted octanol–water partition coefficient (Wildman–Crippen LogP) is 7.36. The third-order valence-corrected chi connectivity index (χ3v) is 8.07. The highest BCUT2D eigenvalue weighted by Crippen LogP contribution is 2.58. The molecule has 0 N–H and O–H groups in total. The highest BCUT2D eigenvalue weighted by Gasteiger charge is 2.49. The molecule has 2 aliphatic rings. The van der Waals surface area contributed by atoms with Gasteiger partial charge in [0.15, 0.2) is 8.32 Å². The Morgan fingerprint density at radius 2 is 2.00 bits per heavy atom. The van der Waals surface area contributed by atoms with Crippen molar-refractivity contribution in [2.45, 2.75) is 92.3 Å². The second-order valence-electron chi connectivity index (χ2n) is 10.5. The first kappa shape index (κ1) is 21.0. The third kappa shape index (κ3) is 4.89. The highest BCUT2D eigenvalue weighted by atomic mass is 28.4. The molecule has 1 nitrogen and oxygen atoms in total. The van der Waals surface area contributed by atoms with Gasteiger partial charge in [0, 0.05) is 6.61 Å². The summed E-state index contributed by atoms with van der Waals surface area (Å²) in [5.74, 6) is 1.44. The molecule has 0 amide bonds. The highest BCUT2D eigenvalue weighted by molar-refractivity contribution is 6.69. The summed E-state index contributed by atoms with van der Waals surface area (Å²) in [6.45, 7) is 21.7. The van der Waals surface area contributed by atoms with E-state index in [0.29, 0.717) is 10.8 Å². The molecular weight excluding hydrogens is 320 g/mol. The fourth-order valence-corrected chi connectivity index (χ4v) is 5.82. The van der Waals surface area contributed by atoms with E-state index in [-0.39, 0.29) is 0 Å². The van der Waals surface area contributed by atoms with Crippen LogP contribution < -0.4 is 0 Å². The Bertz CT molecular complexity index is 515. The van der Waals surface area contributed by atoms with Crippen molar-refractivity contribution in [2.24, 2.45) is 22.7 Å². The zero-order chi connectivity index (χ0) is 18.9. The molecule has 0 aromatic rings. The van der Waals surface area contributed by atoms with Gasteiger partial charge in [-0.05, 0) is 87.8 Å². The Morgan fingerprint density at radius 1 is 1.32 bits per heavy atom. The minimum absolute atomic E-state index is 0.306. The van der Waals surface area contributed by atoms with Gasteiger partial charge in [0.25, 0.3) is 0 Å². The van der Waals surface area contributed by atoms with Gasteiger partial charge in [-0.1, -0.05) is 44.4 Å². The molecule has 0 saturated heterocycles. The first-order valence-electron chi connectivity index (χ1n) is 10.5. The van der Waals surface area contributed by atoms with Crippen molar-refractivity contribution in [3.8, 4) is 0 Å². The van der Waals surface area contributed by atoms with Crippen molar-refractivity contribution in [3.63, 3.8) is 0 Å². The summed E-state index contributed by atoms with van der Waals surface area (Å²) < 4.78 is 6.47. The van der Waals surface area contributed by atoms with Gasteiger partial charge in [0.2, 0.25) is 0 Å². The van der Waals surface area contributed by atoms with Crippen LogP contribution >= 0.6 is 0 Å². The lowest BCUT2D eigenvalue weighted by Crippen LogP contribution is -2.48.